The van der Waals surface area contributed by atoms with E-state index in [1.165, 1.54) is 5.56 Å². The fraction of sp³-hybridized carbons (Fsp3) is 0.458. The number of amides is 1. The maximum Gasteiger partial charge on any atom is 0.290 e. The molecule has 3 heterocycles. The molecule has 4 rings (SSSR count). The van der Waals surface area contributed by atoms with Gasteiger partial charge in [-0.15, -0.1) is 0 Å². The van der Waals surface area contributed by atoms with E-state index in [1.54, 1.807) is 12.5 Å². The monoisotopic (exact) mass is 406 g/mol. The number of nitrogens with zero attached hydrogens (tertiary/aromatic N) is 3. The molecule has 158 valence electrons. The number of carbonyl (C=O) groups excluding carboxylic acids is 2. The molecule has 2 unspecified atom stereocenters. The minimum absolute atomic E-state index is 0.193. The SMILES string of the molecule is CCCCCC1C(=O)C(=O)N(CCCn2ccnc2)C1c1c[nH]c2cc(C)ccc12. The van der Waals surface area contributed by atoms with Crippen LogP contribution < -0.4 is 0 Å². The van der Waals surface area contributed by atoms with Gasteiger partial charge in [-0.3, -0.25) is 9.59 Å². The summed E-state index contributed by atoms with van der Waals surface area (Å²) in [5.41, 5.74) is 3.31. The van der Waals surface area contributed by atoms with Gasteiger partial charge in [0.15, 0.2) is 0 Å². The Kier molecular flexibility index (Phi) is 6.02. The molecule has 0 bridgehead atoms. The Bertz CT molecular complexity index is 1020. The second-order valence-corrected chi connectivity index (χ2v) is 8.36. The number of aromatic nitrogens is 3. The fourth-order valence-corrected chi connectivity index (χ4v) is 4.67. The molecule has 1 fully saturated rings. The van der Waals surface area contributed by atoms with Crippen LogP contribution in [0.3, 0.4) is 0 Å². The van der Waals surface area contributed by atoms with Gasteiger partial charge in [-0.1, -0.05) is 38.3 Å². The van der Waals surface area contributed by atoms with Crippen LogP contribution in [0.5, 0.6) is 0 Å². The molecule has 6 nitrogen and oxygen atoms in total. The highest BCUT2D eigenvalue weighted by molar-refractivity contribution is 6.39. The van der Waals surface area contributed by atoms with Crippen molar-refractivity contribution in [3.05, 3.63) is 54.2 Å². The third kappa shape index (κ3) is 3.91. The highest BCUT2D eigenvalue weighted by atomic mass is 16.2. The number of ketones is 1. The average molecular weight is 407 g/mol. The number of nitrogens with one attached hydrogen (secondary N) is 1. The van der Waals surface area contributed by atoms with Crippen molar-refractivity contribution in [2.45, 2.75) is 58.5 Å². The Hall–Kier alpha value is -2.89. The van der Waals surface area contributed by atoms with E-state index in [0.717, 1.165) is 55.1 Å². The predicted octanol–water partition coefficient (Wildman–Crippen LogP) is 4.41. The summed E-state index contributed by atoms with van der Waals surface area (Å²) < 4.78 is 2.00. The maximum absolute atomic E-state index is 13.0. The van der Waals surface area contributed by atoms with Crippen LogP contribution >= 0.6 is 0 Å². The number of likely N-dealkylation sites (tertiary alicyclic amines) is 1. The zero-order chi connectivity index (χ0) is 21.1. The molecule has 0 aliphatic carbocycles. The minimum Gasteiger partial charge on any atom is -0.361 e. The van der Waals surface area contributed by atoms with Crippen LogP contribution in [-0.4, -0.2) is 37.7 Å². The van der Waals surface area contributed by atoms with Crippen LogP contribution in [0.1, 0.15) is 56.2 Å². The Labute approximate surface area is 177 Å². The van der Waals surface area contributed by atoms with Crippen molar-refractivity contribution < 1.29 is 9.59 Å². The van der Waals surface area contributed by atoms with Crippen LogP contribution in [0.2, 0.25) is 0 Å². The van der Waals surface area contributed by atoms with Gasteiger partial charge in [-0.25, -0.2) is 4.98 Å². The summed E-state index contributed by atoms with van der Waals surface area (Å²) in [6.45, 7) is 5.57. The van der Waals surface area contributed by atoms with Gasteiger partial charge in [0.25, 0.3) is 5.91 Å². The number of Topliss-reactive ketones (excluding diaryl/α,β-unsaturated/α-hetero) is 1. The molecule has 0 saturated carbocycles. The minimum atomic E-state index is -0.325. The number of hydrogen-bond donors (Lipinski definition) is 1. The van der Waals surface area contributed by atoms with Crippen molar-refractivity contribution in [2.75, 3.05) is 6.54 Å². The first-order chi connectivity index (χ1) is 14.6. The topological polar surface area (TPSA) is 71.0 Å². The Morgan fingerprint density at radius 1 is 1.13 bits per heavy atom. The molecule has 0 radical (unpaired) electrons. The van der Waals surface area contributed by atoms with E-state index < -0.39 is 0 Å². The van der Waals surface area contributed by atoms with Crippen molar-refractivity contribution in [1.29, 1.82) is 0 Å². The summed E-state index contributed by atoms with van der Waals surface area (Å²) in [6.07, 6.45) is 12.2. The van der Waals surface area contributed by atoms with Crippen LogP contribution in [0, 0.1) is 12.8 Å². The number of aryl methyl sites for hydroxylation is 2. The molecule has 30 heavy (non-hydrogen) atoms. The molecule has 1 aromatic carbocycles. The second-order valence-electron chi connectivity index (χ2n) is 8.36. The molecule has 3 aromatic rings. The van der Waals surface area contributed by atoms with Gasteiger partial charge in [-0.2, -0.15) is 0 Å². The quantitative estimate of drug-likeness (QED) is 0.423. The molecule has 2 atom stereocenters. The van der Waals surface area contributed by atoms with Gasteiger partial charge < -0.3 is 14.5 Å². The largest absolute Gasteiger partial charge is 0.361 e. The molecule has 1 aliphatic rings. The normalized spacial score (nSPS) is 19.3. The summed E-state index contributed by atoms with van der Waals surface area (Å²) in [7, 11) is 0. The standard InChI is InChI=1S/C24H30N4O2/c1-3-4-5-7-19-22(20-15-26-21-14-17(2)8-9-18(20)21)28(24(30)23(19)29)12-6-11-27-13-10-25-16-27/h8-10,13-16,19,22,26H,3-7,11-12H2,1-2H3. The molecular weight excluding hydrogens is 376 g/mol. The van der Waals surface area contributed by atoms with Gasteiger partial charge in [0, 0.05) is 48.1 Å². The zero-order valence-electron chi connectivity index (χ0n) is 17.8. The fourth-order valence-electron chi connectivity index (χ4n) is 4.67. The lowest BCUT2D eigenvalue weighted by molar-refractivity contribution is -0.141. The Balaban J connectivity index is 1.63. The van der Waals surface area contributed by atoms with Crippen LogP contribution in [0.15, 0.2) is 43.1 Å². The lowest BCUT2D eigenvalue weighted by Gasteiger charge is -2.27. The third-order valence-electron chi connectivity index (χ3n) is 6.21. The lowest BCUT2D eigenvalue weighted by Crippen LogP contribution is -2.31. The van der Waals surface area contributed by atoms with E-state index in [1.807, 2.05) is 21.9 Å². The lowest BCUT2D eigenvalue weighted by atomic mass is 9.88. The van der Waals surface area contributed by atoms with E-state index in [0.29, 0.717) is 6.54 Å². The molecule has 1 N–H and O–H groups in total. The van der Waals surface area contributed by atoms with E-state index in [9.17, 15) is 9.59 Å². The van der Waals surface area contributed by atoms with E-state index >= 15 is 0 Å². The van der Waals surface area contributed by atoms with Gasteiger partial charge in [0.05, 0.1) is 18.3 Å². The van der Waals surface area contributed by atoms with Crippen molar-refractivity contribution in [3.8, 4) is 0 Å². The van der Waals surface area contributed by atoms with Gasteiger partial charge >= 0.3 is 0 Å². The van der Waals surface area contributed by atoms with E-state index in [-0.39, 0.29) is 23.7 Å². The number of fused-ring (bicyclic) bond motifs is 1. The number of hydrogen-bond acceptors (Lipinski definition) is 3. The highest BCUT2D eigenvalue weighted by Crippen LogP contribution is 2.41. The molecule has 0 spiro atoms. The first-order valence-electron chi connectivity index (χ1n) is 11.0. The van der Waals surface area contributed by atoms with Crippen LogP contribution in [0.25, 0.3) is 10.9 Å². The number of carbonyl (C=O) groups is 2. The Morgan fingerprint density at radius 3 is 2.77 bits per heavy atom. The molecular formula is C24H30N4O2. The zero-order valence-corrected chi connectivity index (χ0v) is 17.8. The summed E-state index contributed by atoms with van der Waals surface area (Å²) in [5.74, 6) is -0.814. The summed E-state index contributed by atoms with van der Waals surface area (Å²) in [4.78, 5) is 35.2. The molecule has 2 aromatic heterocycles. The number of unbranched alkanes of at least 4 members (excludes halogenated alkanes) is 2. The summed E-state index contributed by atoms with van der Waals surface area (Å²) in [5, 5.41) is 1.10. The molecule has 6 heteroatoms. The van der Waals surface area contributed by atoms with Crippen molar-refractivity contribution in [1.82, 2.24) is 19.4 Å². The van der Waals surface area contributed by atoms with Crippen molar-refractivity contribution >= 4 is 22.6 Å². The summed E-state index contributed by atoms with van der Waals surface area (Å²) in [6, 6.07) is 6.12. The second kappa shape index (κ2) is 8.86. The van der Waals surface area contributed by atoms with Crippen LogP contribution in [-0.2, 0) is 16.1 Å². The van der Waals surface area contributed by atoms with Crippen molar-refractivity contribution in [2.24, 2.45) is 5.92 Å². The third-order valence-corrected chi connectivity index (χ3v) is 6.21. The maximum atomic E-state index is 13.0. The number of rotatable bonds is 9. The van der Waals surface area contributed by atoms with Gasteiger partial charge in [-0.05, 0) is 31.4 Å². The predicted molar refractivity (Wildman–Crippen MR) is 117 cm³/mol. The first-order valence-corrected chi connectivity index (χ1v) is 11.0. The smallest absolute Gasteiger partial charge is 0.290 e. The van der Waals surface area contributed by atoms with Crippen LogP contribution in [0.4, 0.5) is 0 Å². The summed E-state index contributed by atoms with van der Waals surface area (Å²) >= 11 is 0. The number of imidazole rings is 1. The van der Waals surface area contributed by atoms with E-state index in [4.69, 9.17) is 0 Å². The van der Waals surface area contributed by atoms with Gasteiger partial charge in [0.1, 0.15) is 0 Å². The molecule has 1 amide bonds. The number of H-pyrrole nitrogens is 1. The first kappa shape index (κ1) is 20.4. The van der Waals surface area contributed by atoms with Crippen molar-refractivity contribution in [3.63, 3.8) is 0 Å². The highest BCUT2D eigenvalue weighted by Gasteiger charge is 2.47. The number of benzene rings is 1. The molecule has 1 aliphatic heterocycles. The van der Waals surface area contributed by atoms with Gasteiger partial charge in [0.2, 0.25) is 5.78 Å². The van der Waals surface area contributed by atoms with E-state index in [2.05, 4.69) is 42.0 Å². The molecule has 1 saturated heterocycles. The Morgan fingerprint density at radius 2 is 2.00 bits per heavy atom. The average Bonchev–Trinajstić information content (AvgIpc) is 3.44. The number of aromatic amines is 1.